The van der Waals surface area contributed by atoms with Crippen LogP contribution < -0.4 is 9.47 Å². The fourth-order valence-electron chi connectivity index (χ4n) is 12.0. The number of carbonyl (C=O) groups is 2. The fourth-order valence-corrected chi connectivity index (χ4v) is 12.0. The van der Waals surface area contributed by atoms with Crippen molar-refractivity contribution in [3.63, 3.8) is 0 Å². The highest BCUT2D eigenvalue weighted by atomic mass is 16.5. The maximum atomic E-state index is 13.2. The lowest BCUT2D eigenvalue weighted by Crippen LogP contribution is -2.44. The van der Waals surface area contributed by atoms with Gasteiger partial charge in [-0.2, -0.15) is 0 Å². The molecule has 0 amide bonds. The zero-order valence-electron chi connectivity index (χ0n) is 28.2. The van der Waals surface area contributed by atoms with Crippen LogP contribution in [0.15, 0.2) is 24.3 Å². The van der Waals surface area contributed by atoms with E-state index in [2.05, 4.69) is 13.8 Å². The van der Waals surface area contributed by atoms with Crippen molar-refractivity contribution >= 4 is 11.9 Å². The number of aryl methyl sites for hydroxylation is 2. The Labute approximate surface area is 282 Å². The Morgan fingerprint density at radius 2 is 1.06 bits per heavy atom. The molecule has 2 aromatic carbocycles. The average Bonchev–Trinajstić information content (AvgIpc) is 3.53. The standard InChI is InChI=1S/C40H50O8/c1-39-15-13-27-25(29(39)7-9-33(39)43)5-3-21-17-23(41)19-31(37(21)27)47-35(45)11-12-36(46)48-32-20-24(42)18-22-4-6-26-28(38(22)32)14-16-40(2)30(26)8-10-34(40)44/h17-20,25-30,33-34,41-44H,3-16H2,1-2H3/t25-,26-,27+,28+,29+,30+,33-,34-,39+,40+/m1/s1. The highest BCUT2D eigenvalue weighted by molar-refractivity contribution is 5.81. The monoisotopic (exact) mass is 658 g/mol. The smallest absolute Gasteiger partial charge is 0.311 e. The van der Waals surface area contributed by atoms with Gasteiger partial charge in [-0.1, -0.05) is 13.8 Å². The van der Waals surface area contributed by atoms with Gasteiger partial charge >= 0.3 is 11.9 Å². The summed E-state index contributed by atoms with van der Waals surface area (Å²) in [6.07, 6.45) is 10.0. The molecule has 10 atom stereocenters. The maximum absolute atomic E-state index is 13.2. The van der Waals surface area contributed by atoms with Gasteiger partial charge in [0.05, 0.1) is 25.0 Å². The molecule has 0 radical (unpaired) electrons. The number of esters is 2. The fraction of sp³-hybridized carbons (Fsp3) is 0.650. The van der Waals surface area contributed by atoms with Gasteiger partial charge in [0.25, 0.3) is 0 Å². The lowest BCUT2D eigenvalue weighted by Gasteiger charge is -2.50. The van der Waals surface area contributed by atoms with E-state index in [-0.39, 0.29) is 59.2 Å². The highest BCUT2D eigenvalue weighted by Crippen LogP contribution is 2.63. The Bertz CT molecular complexity index is 1510. The van der Waals surface area contributed by atoms with Gasteiger partial charge in [0.15, 0.2) is 0 Å². The van der Waals surface area contributed by atoms with Gasteiger partial charge in [-0.3, -0.25) is 9.59 Å². The van der Waals surface area contributed by atoms with Crippen molar-refractivity contribution in [2.24, 2.45) is 34.5 Å². The number of aliphatic hydroxyl groups is 2. The maximum Gasteiger partial charge on any atom is 0.311 e. The van der Waals surface area contributed by atoms with Crippen LogP contribution in [0.1, 0.15) is 125 Å². The first kappa shape index (κ1) is 32.1. The molecule has 0 aliphatic heterocycles. The second-order valence-electron chi connectivity index (χ2n) is 16.6. The minimum atomic E-state index is -0.553. The molecule has 4 fully saturated rings. The molecule has 6 aliphatic carbocycles. The molecule has 0 aromatic heterocycles. The molecule has 2 aromatic rings. The van der Waals surface area contributed by atoms with Crippen molar-refractivity contribution in [1.29, 1.82) is 0 Å². The Hall–Kier alpha value is -3.10. The molecule has 0 bridgehead atoms. The summed E-state index contributed by atoms with van der Waals surface area (Å²) >= 11 is 0. The highest BCUT2D eigenvalue weighted by Gasteiger charge is 2.56. The number of phenolic OH excluding ortho intramolecular Hbond substituents is 2. The second kappa shape index (κ2) is 11.8. The van der Waals surface area contributed by atoms with E-state index in [4.69, 9.17) is 9.47 Å². The Kier molecular flexibility index (Phi) is 7.87. The number of rotatable bonds is 5. The first-order valence-electron chi connectivity index (χ1n) is 18.5. The summed E-state index contributed by atoms with van der Waals surface area (Å²) in [6, 6.07) is 6.64. The molecule has 0 saturated heterocycles. The van der Waals surface area contributed by atoms with Gasteiger partial charge in [0, 0.05) is 23.3 Å². The van der Waals surface area contributed by atoms with Crippen LogP contribution >= 0.6 is 0 Å². The third kappa shape index (κ3) is 5.07. The van der Waals surface area contributed by atoms with Gasteiger partial charge in [-0.15, -0.1) is 0 Å². The molecule has 8 heteroatoms. The molecule has 8 nitrogen and oxygen atoms in total. The summed E-state index contributed by atoms with van der Waals surface area (Å²) in [4.78, 5) is 26.5. The minimum Gasteiger partial charge on any atom is -0.508 e. The van der Waals surface area contributed by atoms with E-state index in [0.717, 1.165) is 99.3 Å². The topological polar surface area (TPSA) is 134 Å². The molecule has 6 aliphatic rings. The van der Waals surface area contributed by atoms with E-state index in [0.29, 0.717) is 35.2 Å². The number of benzene rings is 2. The number of hydrogen-bond donors (Lipinski definition) is 4. The van der Waals surface area contributed by atoms with E-state index in [1.54, 1.807) is 12.1 Å². The van der Waals surface area contributed by atoms with Crippen LogP contribution in [0.4, 0.5) is 0 Å². The predicted octanol–water partition coefficient (Wildman–Crippen LogP) is 6.82. The Balaban J connectivity index is 0.959. The SMILES string of the molecule is C[C@]12CC[C@@H]3c4c(cc(O)cc4OC(=O)CCC(=O)Oc4cc(O)cc5c4[C@H]4CC[C@]6(C)[C@H](O)CC[C@H]6[C@@H]4CC5)CC[C@H]3[C@@H]1CC[C@H]2O. The Morgan fingerprint density at radius 3 is 1.48 bits per heavy atom. The zero-order valence-corrected chi connectivity index (χ0v) is 28.2. The number of carbonyl (C=O) groups excluding carboxylic acids is 2. The van der Waals surface area contributed by atoms with E-state index >= 15 is 0 Å². The third-order valence-electron chi connectivity index (χ3n) is 14.4. The average molecular weight is 659 g/mol. The van der Waals surface area contributed by atoms with Gasteiger partial charge < -0.3 is 29.9 Å². The quantitative estimate of drug-likeness (QED) is 0.203. The molecule has 8 rings (SSSR count). The molecule has 0 heterocycles. The number of phenols is 2. The predicted molar refractivity (Wildman–Crippen MR) is 178 cm³/mol. The van der Waals surface area contributed by atoms with Crippen molar-refractivity contribution in [1.82, 2.24) is 0 Å². The van der Waals surface area contributed by atoms with Crippen molar-refractivity contribution in [2.75, 3.05) is 0 Å². The molecule has 258 valence electrons. The molecule has 0 unspecified atom stereocenters. The molecule has 0 spiro atoms. The summed E-state index contributed by atoms with van der Waals surface area (Å²) in [5, 5.41) is 42.6. The van der Waals surface area contributed by atoms with Gasteiger partial charge in [-0.25, -0.2) is 0 Å². The van der Waals surface area contributed by atoms with Crippen LogP contribution in [-0.2, 0) is 22.4 Å². The first-order chi connectivity index (χ1) is 23.0. The van der Waals surface area contributed by atoms with Crippen molar-refractivity contribution < 1.29 is 39.5 Å². The van der Waals surface area contributed by atoms with Crippen LogP contribution in [0.2, 0.25) is 0 Å². The normalized spacial score (nSPS) is 37.7. The van der Waals surface area contributed by atoms with Gasteiger partial charge in [0.1, 0.15) is 23.0 Å². The summed E-state index contributed by atoms with van der Waals surface area (Å²) in [6.45, 7) is 4.46. The van der Waals surface area contributed by atoms with E-state index in [9.17, 15) is 30.0 Å². The second-order valence-corrected chi connectivity index (χ2v) is 16.6. The minimum absolute atomic E-state index is 0.0634. The lowest BCUT2D eigenvalue weighted by molar-refractivity contribution is -0.140. The molecule has 4 N–H and O–H groups in total. The van der Waals surface area contributed by atoms with Gasteiger partial charge in [-0.05, 0) is 147 Å². The molecule has 4 saturated carbocycles. The molecular weight excluding hydrogens is 608 g/mol. The molecular formula is C40H50O8. The number of aromatic hydroxyl groups is 2. The Morgan fingerprint density at radius 1 is 0.646 bits per heavy atom. The zero-order chi connectivity index (χ0) is 33.5. The summed E-state index contributed by atoms with van der Waals surface area (Å²) in [5.74, 6) is 1.84. The van der Waals surface area contributed by atoms with Crippen LogP contribution in [0.5, 0.6) is 23.0 Å². The number of hydrogen-bond acceptors (Lipinski definition) is 8. The van der Waals surface area contributed by atoms with E-state index < -0.39 is 11.9 Å². The lowest BCUT2D eigenvalue weighted by atomic mass is 9.55. The number of fused-ring (bicyclic) bond motifs is 10. The third-order valence-corrected chi connectivity index (χ3v) is 14.4. The summed E-state index contributed by atoms with van der Waals surface area (Å²) < 4.78 is 11.8. The first-order valence-corrected chi connectivity index (χ1v) is 18.5. The van der Waals surface area contributed by atoms with Crippen LogP contribution in [0.3, 0.4) is 0 Å². The van der Waals surface area contributed by atoms with Crippen molar-refractivity contribution in [3.05, 3.63) is 46.5 Å². The van der Waals surface area contributed by atoms with E-state index in [1.807, 2.05) is 0 Å². The number of aliphatic hydroxyl groups excluding tert-OH is 2. The molecule has 48 heavy (non-hydrogen) atoms. The van der Waals surface area contributed by atoms with Gasteiger partial charge in [0.2, 0.25) is 0 Å². The number of ether oxygens (including phenoxy) is 2. The van der Waals surface area contributed by atoms with Crippen LogP contribution in [0, 0.1) is 34.5 Å². The van der Waals surface area contributed by atoms with Crippen molar-refractivity contribution in [3.8, 4) is 23.0 Å². The van der Waals surface area contributed by atoms with Crippen molar-refractivity contribution in [2.45, 2.75) is 128 Å². The van der Waals surface area contributed by atoms with E-state index in [1.165, 1.54) is 12.1 Å². The van der Waals surface area contributed by atoms with Crippen LogP contribution in [-0.4, -0.2) is 44.6 Å². The summed E-state index contributed by atoms with van der Waals surface area (Å²) in [5.41, 5.74) is 3.90. The largest absolute Gasteiger partial charge is 0.508 e. The summed E-state index contributed by atoms with van der Waals surface area (Å²) in [7, 11) is 0. The van der Waals surface area contributed by atoms with Crippen LogP contribution in [0.25, 0.3) is 0 Å².